The molecule has 1 amide bonds. The molecule has 3 rings (SSSR count). The predicted molar refractivity (Wildman–Crippen MR) is 81.4 cm³/mol. The molecule has 0 aromatic carbocycles. The van der Waals surface area contributed by atoms with E-state index < -0.39 is 5.76 Å². The van der Waals surface area contributed by atoms with Gasteiger partial charge < -0.3 is 5.32 Å². The molecule has 0 saturated heterocycles. The summed E-state index contributed by atoms with van der Waals surface area (Å²) in [6, 6.07) is 1.81. The van der Waals surface area contributed by atoms with Crippen LogP contribution in [0.3, 0.4) is 0 Å². The van der Waals surface area contributed by atoms with E-state index in [4.69, 9.17) is 0 Å². The van der Waals surface area contributed by atoms with Gasteiger partial charge in [0.25, 0.3) is 0 Å². The molecule has 2 heterocycles. The molecule has 2 aromatic rings. The predicted octanol–water partition coefficient (Wildman–Crippen LogP) is 0.988. The average molecular weight is 317 g/mol. The van der Waals surface area contributed by atoms with Crippen LogP contribution in [0.25, 0.3) is 11.6 Å². The lowest BCUT2D eigenvalue weighted by atomic mass is 9.86. The van der Waals surface area contributed by atoms with E-state index in [2.05, 4.69) is 31.9 Å². The molecule has 0 aliphatic heterocycles. The molecule has 0 bridgehead atoms. The first kappa shape index (κ1) is 15.4. The highest BCUT2D eigenvalue weighted by Gasteiger charge is 2.24. The number of carbonyl (C=O) groups excluding carboxylic acids is 1. The standard InChI is InChI=1S/C15H19N5O3/c1-10-5-2-3-6-11(10)18-12(21)9-20-14(19-23-15(20)22)13-16-7-4-8-17-13/h4,7-8,10-11H,2-3,5-6,9H2,1H3,(H,18,21)/t10-,11+/m0/s1. The Kier molecular flexibility index (Phi) is 4.50. The van der Waals surface area contributed by atoms with Gasteiger partial charge in [0.1, 0.15) is 6.54 Å². The fourth-order valence-corrected chi connectivity index (χ4v) is 2.91. The maximum atomic E-state index is 12.3. The highest BCUT2D eigenvalue weighted by molar-refractivity contribution is 5.76. The van der Waals surface area contributed by atoms with Crippen LogP contribution in [-0.4, -0.2) is 31.6 Å². The van der Waals surface area contributed by atoms with Crippen molar-refractivity contribution in [1.29, 1.82) is 0 Å². The third-order valence-electron chi connectivity index (χ3n) is 4.21. The van der Waals surface area contributed by atoms with E-state index in [1.807, 2.05) is 0 Å². The zero-order valence-electron chi connectivity index (χ0n) is 12.9. The molecular formula is C15H19N5O3. The van der Waals surface area contributed by atoms with Crippen LogP contribution in [0.2, 0.25) is 0 Å². The van der Waals surface area contributed by atoms with Gasteiger partial charge in [0, 0.05) is 18.4 Å². The zero-order valence-corrected chi connectivity index (χ0v) is 12.9. The highest BCUT2D eigenvalue weighted by Crippen LogP contribution is 2.23. The van der Waals surface area contributed by atoms with Crippen LogP contribution in [0.1, 0.15) is 32.6 Å². The van der Waals surface area contributed by atoms with E-state index in [0.717, 1.165) is 23.8 Å². The number of rotatable bonds is 4. The van der Waals surface area contributed by atoms with Gasteiger partial charge in [-0.05, 0) is 24.8 Å². The minimum absolute atomic E-state index is 0.154. The maximum absolute atomic E-state index is 12.3. The van der Waals surface area contributed by atoms with E-state index in [0.29, 0.717) is 5.92 Å². The lowest BCUT2D eigenvalue weighted by Crippen LogP contribution is -2.43. The lowest BCUT2D eigenvalue weighted by molar-refractivity contribution is -0.123. The molecule has 1 fully saturated rings. The largest absolute Gasteiger partial charge is 0.442 e. The third kappa shape index (κ3) is 3.46. The second-order valence-corrected chi connectivity index (χ2v) is 5.87. The summed E-state index contributed by atoms with van der Waals surface area (Å²) in [5, 5.41) is 6.68. The van der Waals surface area contributed by atoms with Crippen molar-refractivity contribution in [2.75, 3.05) is 0 Å². The lowest BCUT2D eigenvalue weighted by Gasteiger charge is -2.29. The van der Waals surface area contributed by atoms with Crippen molar-refractivity contribution in [2.24, 2.45) is 5.92 Å². The average Bonchev–Trinajstić information content (AvgIpc) is 2.91. The van der Waals surface area contributed by atoms with Gasteiger partial charge in [-0.3, -0.25) is 9.32 Å². The van der Waals surface area contributed by atoms with Crippen molar-refractivity contribution in [3.8, 4) is 11.6 Å². The molecule has 2 aromatic heterocycles. The van der Waals surface area contributed by atoms with Crippen LogP contribution in [0.4, 0.5) is 0 Å². The minimum atomic E-state index is -0.695. The van der Waals surface area contributed by atoms with Crippen molar-refractivity contribution < 1.29 is 9.32 Å². The molecule has 23 heavy (non-hydrogen) atoms. The number of hydrogen-bond donors (Lipinski definition) is 1. The third-order valence-corrected chi connectivity index (χ3v) is 4.21. The van der Waals surface area contributed by atoms with Gasteiger partial charge in [-0.15, -0.1) is 0 Å². The maximum Gasteiger partial charge on any atom is 0.442 e. The van der Waals surface area contributed by atoms with E-state index in [-0.39, 0.29) is 30.1 Å². The summed E-state index contributed by atoms with van der Waals surface area (Å²) in [5.41, 5.74) is 0. The Bertz CT molecular complexity index is 724. The summed E-state index contributed by atoms with van der Waals surface area (Å²) >= 11 is 0. The normalized spacial score (nSPS) is 21.1. The van der Waals surface area contributed by atoms with Gasteiger partial charge in [-0.2, -0.15) is 0 Å². The number of nitrogens with one attached hydrogen (secondary N) is 1. The monoisotopic (exact) mass is 317 g/mol. The zero-order chi connectivity index (χ0) is 16.2. The molecule has 1 N–H and O–H groups in total. The van der Waals surface area contributed by atoms with Crippen LogP contribution >= 0.6 is 0 Å². The van der Waals surface area contributed by atoms with E-state index in [1.165, 1.54) is 18.8 Å². The van der Waals surface area contributed by atoms with Gasteiger partial charge >= 0.3 is 5.76 Å². The highest BCUT2D eigenvalue weighted by atomic mass is 16.5. The van der Waals surface area contributed by atoms with E-state index in [9.17, 15) is 9.59 Å². The Morgan fingerprint density at radius 3 is 2.83 bits per heavy atom. The van der Waals surface area contributed by atoms with Crippen molar-refractivity contribution in [3.63, 3.8) is 0 Å². The Balaban J connectivity index is 1.74. The summed E-state index contributed by atoms with van der Waals surface area (Å²) in [4.78, 5) is 32.1. The van der Waals surface area contributed by atoms with Crippen molar-refractivity contribution >= 4 is 5.91 Å². The molecule has 8 nitrogen and oxygen atoms in total. The Morgan fingerprint density at radius 1 is 1.35 bits per heavy atom. The van der Waals surface area contributed by atoms with Gasteiger partial charge in [0.15, 0.2) is 5.82 Å². The summed E-state index contributed by atoms with van der Waals surface area (Å²) < 4.78 is 5.81. The van der Waals surface area contributed by atoms with E-state index >= 15 is 0 Å². The van der Waals surface area contributed by atoms with Crippen LogP contribution < -0.4 is 11.1 Å². The second kappa shape index (κ2) is 6.72. The number of nitrogens with zero attached hydrogens (tertiary/aromatic N) is 4. The van der Waals surface area contributed by atoms with Crippen LogP contribution in [0.15, 0.2) is 27.8 Å². The van der Waals surface area contributed by atoms with Crippen LogP contribution in [0.5, 0.6) is 0 Å². The molecule has 0 radical (unpaired) electrons. The van der Waals surface area contributed by atoms with Crippen LogP contribution in [-0.2, 0) is 11.3 Å². The summed E-state index contributed by atoms with van der Waals surface area (Å²) in [6.07, 6.45) is 7.48. The van der Waals surface area contributed by atoms with Crippen LogP contribution in [0, 0.1) is 5.92 Å². The first-order chi connectivity index (χ1) is 11.1. The first-order valence-corrected chi connectivity index (χ1v) is 7.78. The summed E-state index contributed by atoms with van der Waals surface area (Å²) in [5.74, 6) is -0.0750. The number of amides is 1. The SMILES string of the molecule is C[C@H]1CCCC[C@H]1NC(=O)Cn1c(-c2ncccn2)noc1=O. The van der Waals surface area contributed by atoms with Crippen molar-refractivity contribution in [3.05, 3.63) is 29.0 Å². The summed E-state index contributed by atoms with van der Waals surface area (Å²) in [7, 11) is 0. The van der Waals surface area contributed by atoms with Gasteiger partial charge in [-0.1, -0.05) is 24.9 Å². The summed E-state index contributed by atoms with van der Waals surface area (Å²) in [6.45, 7) is 1.98. The van der Waals surface area contributed by atoms with E-state index in [1.54, 1.807) is 6.07 Å². The number of hydrogen-bond acceptors (Lipinski definition) is 6. The Morgan fingerprint density at radius 2 is 2.09 bits per heavy atom. The fraction of sp³-hybridized carbons (Fsp3) is 0.533. The topological polar surface area (TPSA) is 103 Å². The molecule has 0 unspecified atom stereocenters. The van der Waals surface area contributed by atoms with Gasteiger partial charge in [0.05, 0.1) is 0 Å². The van der Waals surface area contributed by atoms with Gasteiger partial charge in [0.2, 0.25) is 11.7 Å². The van der Waals surface area contributed by atoms with Crippen molar-refractivity contribution in [1.82, 2.24) is 25.0 Å². The molecule has 122 valence electrons. The fourth-order valence-electron chi connectivity index (χ4n) is 2.91. The Hall–Kier alpha value is -2.51. The number of carbonyl (C=O) groups is 1. The molecule has 1 aliphatic carbocycles. The molecule has 1 aliphatic rings. The molecule has 1 saturated carbocycles. The molecule has 0 spiro atoms. The minimum Gasteiger partial charge on any atom is -0.352 e. The smallest absolute Gasteiger partial charge is 0.352 e. The molecule has 2 atom stereocenters. The molecule has 8 heteroatoms. The Labute approximate surface area is 132 Å². The van der Waals surface area contributed by atoms with Gasteiger partial charge in [-0.25, -0.2) is 19.3 Å². The number of aromatic nitrogens is 4. The molecular weight excluding hydrogens is 298 g/mol. The quantitative estimate of drug-likeness (QED) is 0.902. The second-order valence-electron chi connectivity index (χ2n) is 5.87. The first-order valence-electron chi connectivity index (χ1n) is 7.78. The van der Waals surface area contributed by atoms with Crippen molar-refractivity contribution in [2.45, 2.75) is 45.2 Å².